The van der Waals surface area contributed by atoms with Crippen molar-refractivity contribution in [1.29, 1.82) is 0 Å². The topological polar surface area (TPSA) is 81.9 Å². The van der Waals surface area contributed by atoms with E-state index in [9.17, 15) is 4.79 Å². The summed E-state index contributed by atoms with van der Waals surface area (Å²) in [6, 6.07) is 5.63. The van der Waals surface area contributed by atoms with Crippen LogP contribution in [0.2, 0.25) is 0 Å². The summed E-state index contributed by atoms with van der Waals surface area (Å²) in [5.41, 5.74) is 1.71. The summed E-state index contributed by atoms with van der Waals surface area (Å²) in [5.74, 6) is 0.740. The van der Waals surface area contributed by atoms with Crippen LogP contribution in [0.5, 0.6) is 5.75 Å². The van der Waals surface area contributed by atoms with E-state index < -0.39 is 0 Å². The number of amides is 1. The highest BCUT2D eigenvalue weighted by molar-refractivity contribution is 7.99. The maximum Gasteiger partial charge on any atom is 0.234 e. The van der Waals surface area contributed by atoms with E-state index in [1.54, 1.807) is 11.8 Å². The Kier molecular flexibility index (Phi) is 5.15. The molecule has 2 rings (SSSR count). The molecule has 0 aliphatic rings. The molecule has 0 unspecified atom stereocenters. The summed E-state index contributed by atoms with van der Waals surface area (Å²) in [6.45, 7) is 4.57. The van der Waals surface area contributed by atoms with E-state index in [0.29, 0.717) is 23.1 Å². The number of nitrogens with one attached hydrogen (secondary N) is 1. The smallest absolute Gasteiger partial charge is 0.234 e. The fourth-order valence-corrected chi connectivity index (χ4v) is 2.48. The first-order valence-electron chi connectivity index (χ1n) is 6.47. The molecule has 1 heterocycles. The zero-order valence-corrected chi connectivity index (χ0v) is 13.0. The molecule has 2 aromatic rings. The van der Waals surface area contributed by atoms with Gasteiger partial charge in [-0.3, -0.25) is 4.79 Å². The molecule has 0 aliphatic heterocycles. The van der Waals surface area contributed by atoms with E-state index in [4.69, 9.17) is 4.74 Å². The fourth-order valence-electron chi connectivity index (χ4n) is 1.73. The summed E-state index contributed by atoms with van der Waals surface area (Å²) in [5, 5.41) is 14.7. The highest BCUT2D eigenvalue weighted by atomic mass is 32.2. The molecule has 1 aromatic heterocycles. The SMILES string of the molecule is CCn1nnnc1SCC(=O)Nc1cc(C)ccc1OC. The number of benzene rings is 1. The Morgan fingerprint density at radius 2 is 2.29 bits per heavy atom. The number of tetrazole rings is 1. The lowest BCUT2D eigenvalue weighted by Crippen LogP contribution is -2.15. The van der Waals surface area contributed by atoms with Crippen LogP contribution in [0, 0.1) is 6.92 Å². The van der Waals surface area contributed by atoms with Crippen molar-refractivity contribution in [2.45, 2.75) is 25.5 Å². The zero-order chi connectivity index (χ0) is 15.2. The Hall–Kier alpha value is -2.09. The number of rotatable bonds is 6. The molecule has 1 N–H and O–H groups in total. The maximum absolute atomic E-state index is 12.0. The van der Waals surface area contributed by atoms with Crippen molar-refractivity contribution in [2.24, 2.45) is 0 Å². The molecular weight excluding hydrogens is 290 g/mol. The van der Waals surface area contributed by atoms with Crippen molar-refractivity contribution in [2.75, 3.05) is 18.2 Å². The van der Waals surface area contributed by atoms with E-state index in [2.05, 4.69) is 20.8 Å². The fraction of sp³-hybridized carbons (Fsp3) is 0.385. The minimum Gasteiger partial charge on any atom is -0.495 e. The van der Waals surface area contributed by atoms with Crippen LogP contribution in [0.1, 0.15) is 12.5 Å². The van der Waals surface area contributed by atoms with Gasteiger partial charge in [0.1, 0.15) is 5.75 Å². The average Bonchev–Trinajstić information content (AvgIpc) is 2.93. The van der Waals surface area contributed by atoms with Crippen molar-refractivity contribution in [3.8, 4) is 5.75 Å². The molecule has 1 amide bonds. The number of ether oxygens (including phenoxy) is 1. The van der Waals surface area contributed by atoms with E-state index in [-0.39, 0.29) is 11.7 Å². The Bertz CT molecular complexity index is 629. The lowest BCUT2D eigenvalue weighted by Gasteiger charge is -2.10. The lowest BCUT2D eigenvalue weighted by atomic mass is 10.2. The van der Waals surface area contributed by atoms with Gasteiger partial charge in [-0.2, -0.15) is 0 Å². The minimum absolute atomic E-state index is 0.130. The number of carbonyl (C=O) groups excluding carboxylic acids is 1. The van der Waals surface area contributed by atoms with Crippen LogP contribution in [0.3, 0.4) is 0 Å². The Labute approximate surface area is 127 Å². The van der Waals surface area contributed by atoms with Gasteiger partial charge in [0.25, 0.3) is 0 Å². The van der Waals surface area contributed by atoms with E-state index in [1.807, 2.05) is 32.0 Å². The van der Waals surface area contributed by atoms with Gasteiger partial charge in [-0.15, -0.1) is 5.10 Å². The zero-order valence-electron chi connectivity index (χ0n) is 12.2. The number of thioether (sulfide) groups is 1. The van der Waals surface area contributed by atoms with Gasteiger partial charge in [-0.25, -0.2) is 4.68 Å². The monoisotopic (exact) mass is 307 g/mol. The summed E-state index contributed by atoms with van der Waals surface area (Å²) >= 11 is 1.30. The molecule has 112 valence electrons. The number of aromatic nitrogens is 4. The van der Waals surface area contributed by atoms with E-state index in [0.717, 1.165) is 5.56 Å². The van der Waals surface area contributed by atoms with Crippen LogP contribution in [0.4, 0.5) is 5.69 Å². The van der Waals surface area contributed by atoms with Gasteiger partial charge in [0.05, 0.1) is 18.6 Å². The first-order chi connectivity index (χ1) is 10.1. The number of carbonyl (C=O) groups is 1. The van der Waals surface area contributed by atoms with Crippen molar-refractivity contribution in [3.05, 3.63) is 23.8 Å². The highest BCUT2D eigenvalue weighted by Crippen LogP contribution is 2.25. The maximum atomic E-state index is 12.0. The van der Waals surface area contributed by atoms with Gasteiger partial charge in [0.15, 0.2) is 0 Å². The number of hydrogen-bond acceptors (Lipinski definition) is 6. The normalized spacial score (nSPS) is 10.4. The first kappa shape index (κ1) is 15.3. The molecule has 0 saturated heterocycles. The standard InChI is InChI=1S/C13H17N5O2S/c1-4-18-13(15-16-17-18)21-8-12(19)14-10-7-9(2)5-6-11(10)20-3/h5-7H,4,8H2,1-3H3,(H,14,19). The molecule has 0 aliphatic carbocycles. The Morgan fingerprint density at radius 1 is 1.48 bits per heavy atom. The van der Waals surface area contributed by atoms with Gasteiger partial charge in [0, 0.05) is 6.54 Å². The van der Waals surface area contributed by atoms with Crippen molar-refractivity contribution in [1.82, 2.24) is 20.2 Å². The summed E-state index contributed by atoms with van der Waals surface area (Å²) in [4.78, 5) is 12.0. The highest BCUT2D eigenvalue weighted by Gasteiger charge is 2.11. The van der Waals surface area contributed by atoms with Crippen molar-refractivity contribution >= 4 is 23.4 Å². The second-order valence-electron chi connectivity index (χ2n) is 4.32. The number of aryl methyl sites for hydroxylation is 2. The summed E-state index contributed by atoms with van der Waals surface area (Å²) in [7, 11) is 1.57. The predicted molar refractivity (Wildman–Crippen MR) is 80.6 cm³/mol. The number of hydrogen-bond donors (Lipinski definition) is 1. The van der Waals surface area contributed by atoms with Gasteiger partial charge in [-0.05, 0) is 42.0 Å². The third-order valence-corrected chi connectivity index (χ3v) is 3.72. The van der Waals surface area contributed by atoms with E-state index in [1.165, 1.54) is 11.8 Å². The van der Waals surface area contributed by atoms with Crippen LogP contribution in [-0.2, 0) is 11.3 Å². The third kappa shape index (κ3) is 3.94. The third-order valence-electron chi connectivity index (χ3n) is 2.76. The van der Waals surface area contributed by atoms with Gasteiger partial charge in [-0.1, -0.05) is 17.8 Å². The Balaban J connectivity index is 1.97. The minimum atomic E-state index is -0.130. The molecule has 7 nitrogen and oxygen atoms in total. The molecule has 0 bridgehead atoms. The van der Waals surface area contributed by atoms with Crippen molar-refractivity contribution < 1.29 is 9.53 Å². The van der Waals surface area contributed by atoms with Crippen LogP contribution in [0.25, 0.3) is 0 Å². The molecule has 1 aromatic carbocycles. The predicted octanol–water partition coefficient (Wildman–Crippen LogP) is 1.74. The van der Waals surface area contributed by atoms with Gasteiger partial charge < -0.3 is 10.1 Å². The summed E-state index contributed by atoms with van der Waals surface area (Å²) in [6.07, 6.45) is 0. The summed E-state index contributed by atoms with van der Waals surface area (Å²) < 4.78 is 6.87. The molecule has 0 spiro atoms. The molecule has 0 atom stereocenters. The second-order valence-corrected chi connectivity index (χ2v) is 5.26. The van der Waals surface area contributed by atoms with Crippen LogP contribution >= 0.6 is 11.8 Å². The van der Waals surface area contributed by atoms with Crippen LogP contribution in [-0.4, -0.2) is 39.0 Å². The number of methoxy groups -OCH3 is 1. The number of anilines is 1. The van der Waals surface area contributed by atoms with Crippen LogP contribution < -0.4 is 10.1 Å². The quantitative estimate of drug-likeness (QED) is 0.819. The second kappa shape index (κ2) is 7.07. The van der Waals surface area contributed by atoms with Crippen LogP contribution in [0.15, 0.2) is 23.4 Å². The molecule has 0 radical (unpaired) electrons. The molecule has 8 heteroatoms. The largest absolute Gasteiger partial charge is 0.495 e. The molecule has 0 saturated carbocycles. The Morgan fingerprint density at radius 3 is 3.00 bits per heavy atom. The lowest BCUT2D eigenvalue weighted by molar-refractivity contribution is -0.113. The van der Waals surface area contributed by atoms with E-state index >= 15 is 0 Å². The average molecular weight is 307 g/mol. The molecule has 21 heavy (non-hydrogen) atoms. The van der Waals surface area contributed by atoms with Gasteiger partial charge >= 0.3 is 0 Å². The van der Waals surface area contributed by atoms with Crippen molar-refractivity contribution in [3.63, 3.8) is 0 Å². The number of nitrogens with zero attached hydrogens (tertiary/aromatic N) is 4. The first-order valence-corrected chi connectivity index (χ1v) is 7.46. The molecular formula is C13H17N5O2S. The van der Waals surface area contributed by atoms with Gasteiger partial charge in [0.2, 0.25) is 11.1 Å². The molecule has 0 fully saturated rings.